The number of likely N-dealkylation sites (tertiary alicyclic amines) is 1. The number of rotatable bonds is 5. The van der Waals surface area contributed by atoms with Crippen molar-refractivity contribution in [3.05, 3.63) is 51.3 Å². The minimum Gasteiger partial charge on any atom is -0.477 e. The third kappa shape index (κ3) is 4.25. The Bertz CT molecular complexity index is 863. The van der Waals surface area contributed by atoms with E-state index in [0.29, 0.717) is 19.4 Å². The van der Waals surface area contributed by atoms with Crippen LogP contribution in [0.1, 0.15) is 23.2 Å². The summed E-state index contributed by atoms with van der Waals surface area (Å²) in [5.41, 5.74) is -0.312. The number of methoxy groups -OCH3 is 1. The third-order valence-corrected chi connectivity index (χ3v) is 4.39. The number of nitro benzene ring substituents is 1. The van der Waals surface area contributed by atoms with E-state index >= 15 is 0 Å². The van der Waals surface area contributed by atoms with Gasteiger partial charge in [0, 0.05) is 30.0 Å². The van der Waals surface area contributed by atoms with E-state index in [-0.39, 0.29) is 40.7 Å². The highest BCUT2D eigenvalue weighted by Gasteiger charge is 2.30. The highest BCUT2D eigenvalue weighted by atomic mass is 35.5. The van der Waals surface area contributed by atoms with Gasteiger partial charge in [-0.05, 0) is 25.0 Å². The van der Waals surface area contributed by atoms with Crippen LogP contribution in [0.15, 0.2) is 30.6 Å². The second-order valence-electron chi connectivity index (χ2n) is 5.92. The van der Waals surface area contributed by atoms with E-state index in [0.717, 1.165) is 0 Å². The lowest BCUT2D eigenvalue weighted by atomic mass is 10.1. The van der Waals surface area contributed by atoms with Crippen molar-refractivity contribution < 1.29 is 19.2 Å². The number of halogens is 1. The molecule has 2 heterocycles. The van der Waals surface area contributed by atoms with Crippen LogP contribution in [0.25, 0.3) is 0 Å². The molecule has 3 rings (SSSR count). The lowest BCUT2D eigenvalue weighted by Gasteiger charge is -2.32. The van der Waals surface area contributed by atoms with E-state index in [1.165, 1.54) is 42.6 Å². The van der Waals surface area contributed by atoms with Crippen molar-refractivity contribution in [2.75, 3.05) is 20.2 Å². The molecule has 1 amide bonds. The first kappa shape index (κ1) is 18.8. The van der Waals surface area contributed by atoms with Crippen molar-refractivity contribution in [1.29, 1.82) is 0 Å². The van der Waals surface area contributed by atoms with Gasteiger partial charge in [-0.15, -0.1) is 0 Å². The Kier molecular flexibility index (Phi) is 5.70. The number of ether oxygens (including phenoxy) is 2. The molecule has 0 N–H and O–H groups in total. The predicted molar refractivity (Wildman–Crippen MR) is 96.2 cm³/mol. The van der Waals surface area contributed by atoms with Gasteiger partial charge in [-0.3, -0.25) is 14.9 Å². The number of nitro groups is 1. The molecule has 1 fully saturated rings. The molecule has 0 bridgehead atoms. The highest BCUT2D eigenvalue weighted by Crippen LogP contribution is 2.27. The minimum atomic E-state index is -0.591. The zero-order valence-corrected chi connectivity index (χ0v) is 15.3. The number of aromatic nitrogens is 2. The van der Waals surface area contributed by atoms with Crippen LogP contribution < -0.4 is 9.47 Å². The molecule has 142 valence electrons. The maximum Gasteiger partial charge on any atom is 0.282 e. The fourth-order valence-electron chi connectivity index (χ4n) is 2.92. The Labute approximate surface area is 160 Å². The van der Waals surface area contributed by atoms with E-state index in [9.17, 15) is 14.9 Å². The molecule has 27 heavy (non-hydrogen) atoms. The van der Waals surface area contributed by atoms with Crippen LogP contribution in [-0.4, -0.2) is 52.0 Å². The number of carbonyl (C=O) groups is 1. The van der Waals surface area contributed by atoms with Crippen LogP contribution in [0, 0.1) is 10.1 Å². The third-order valence-electron chi connectivity index (χ3n) is 4.16. The van der Waals surface area contributed by atoms with Crippen molar-refractivity contribution in [2.45, 2.75) is 18.9 Å². The fraction of sp³-hybridized carbons (Fsp3) is 0.353. The Morgan fingerprint density at radius 3 is 2.78 bits per heavy atom. The van der Waals surface area contributed by atoms with Gasteiger partial charge < -0.3 is 14.4 Å². The number of hydrogen-bond acceptors (Lipinski definition) is 7. The van der Waals surface area contributed by atoms with Crippen LogP contribution in [-0.2, 0) is 0 Å². The number of nitrogens with zero attached hydrogens (tertiary/aromatic N) is 4. The Balaban J connectivity index is 1.77. The first-order valence-corrected chi connectivity index (χ1v) is 8.62. The second-order valence-corrected chi connectivity index (χ2v) is 6.36. The number of benzene rings is 1. The van der Waals surface area contributed by atoms with Gasteiger partial charge in [-0.25, -0.2) is 9.97 Å². The smallest absolute Gasteiger partial charge is 0.282 e. The van der Waals surface area contributed by atoms with Crippen LogP contribution in [0.3, 0.4) is 0 Å². The first-order valence-electron chi connectivity index (χ1n) is 8.24. The maximum atomic E-state index is 12.9. The summed E-state index contributed by atoms with van der Waals surface area (Å²) >= 11 is 5.93. The van der Waals surface area contributed by atoms with E-state index < -0.39 is 10.8 Å². The van der Waals surface area contributed by atoms with Crippen LogP contribution in [0.5, 0.6) is 11.8 Å². The number of carbonyl (C=O) groups excluding carboxylic acids is 1. The highest BCUT2D eigenvalue weighted by molar-refractivity contribution is 6.31. The molecular weight excluding hydrogens is 376 g/mol. The molecule has 10 heteroatoms. The van der Waals surface area contributed by atoms with Gasteiger partial charge in [0.25, 0.3) is 23.4 Å². The Hall–Kier alpha value is -2.94. The maximum absolute atomic E-state index is 12.9. The van der Waals surface area contributed by atoms with Crippen molar-refractivity contribution in [3.63, 3.8) is 0 Å². The molecule has 1 unspecified atom stereocenters. The molecule has 0 spiro atoms. The summed E-state index contributed by atoms with van der Waals surface area (Å²) in [6.45, 7) is 0.738. The SMILES string of the molecule is COc1nccnc1OC1CCCN(C(=O)c2cc(Cl)ccc2[N+](=O)[O-])C1. The first-order chi connectivity index (χ1) is 13.0. The van der Waals surface area contributed by atoms with Gasteiger partial charge in [0.15, 0.2) is 0 Å². The monoisotopic (exact) mass is 392 g/mol. The van der Waals surface area contributed by atoms with E-state index in [2.05, 4.69) is 9.97 Å². The quantitative estimate of drug-likeness (QED) is 0.568. The van der Waals surface area contributed by atoms with Crippen molar-refractivity contribution in [2.24, 2.45) is 0 Å². The molecule has 9 nitrogen and oxygen atoms in total. The van der Waals surface area contributed by atoms with E-state index in [1.54, 1.807) is 0 Å². The Morgan fingerprint density at radius 1 is 1.33 bits per heavy atom. The molecule has 1 atom stereocenters. The number of hydrogen-bond donors (Lipinski definition) is 0. The number of amides is 1. The average Bonchev–Trinajstić information content (AvgIpc) is 2.67. The van der Waals surface area contributed by atoms with Crippen LogP contribution in [0.2, 0.25) is 5.02 Å². The van der Waals surface area contributed by atoms with Gasteiger partial charge in [0.1, 0.15) is 11.7 Å². The summed E-state index contributed by atoms with van der Waals surface area (Å²) in [6, 6.07) is 3.94. The minimum absolute atomic E-state index is 0.0368. The predicted octanol–water partition coefficient (Wildman–Crippen LogP) is 2.73. The fourth-order valence-corrected chi connectivity index (χ4v) is 3.09. The molecule has 1 aliphatic heterocycles. The van der Waals surface area contributed by atoms with Crippen molar-refractivity contribution in [1.82, 2.24) is 14.9 Å². The molecule has 1 aromatic heterocycles. The summed E-state index contributed by atoms with van der Waals surface area (Å²) in [5.74, 6) is 0.0445. The molecule has 0 saturated carbocycles. The average molecular weight is 393 g/mol. The lowest BCUT2D eigenvalue weighted by Crippen LogP contribution is -2.44. The Morgan fingerprint density at radius 2 is 2.07 bits per heavy atom. The van der Waals surface area contributed by atoms with Gasteiger partial charge in [-0.1, -0.05) is 11.6 Å². The summed E-state index contributed by atoms with van der Waals surface area (Å²) in [4.78, 5) is 33.1. The van der Waals surface area contributed by atoms with Gasteiger partial charge >= 0.3 is 0 Å². The zero-order valence-electron chi connectivity index (χ0n) is 14.5. The van der Waals surface area contributed by atoms with Gasteiger partial charge in [-0.2, -0.15) is 0 Å². The van der Waals surface area contributed by atoms with E-state index in [4.69, 9.17) is 21.1 Å². The normalized spacial score (nSPS) is 16.7. The summed E-state index contributed by atoms with van der Waals surface area (Å²) in [5, 5.41) is 11.5. The largest absolute Gasteiger partial charge is 0.477 e. The second kappa shape index (κ2) is 8.17. The molecule has 0 radical (unpaired) electrons. The molecule has 2 aromatic rings. The van der Waals surface area contributed by atoms with E-state index in [1.807, 2.05) is 0 Å². The molecule has 0 aliphatic carbocycles. The molecule has 1 saturated heterocycles. The topological polar surface area (TPSA) is 108 Å². The summed E-state index contributed by atoms with van der Waals surface area (Å²) in [6.07, 6.45) is 4.04. The van der Waals surface area contributed by atoms with Gasteiger partial charge in [0.05, 0.1) is 18.6 Å². The molecule has 1 aliphatic rings. The standard InChI is InChI=1S/C17H17ClN4O5/c1-26-15-16(20-7-6-19-15)27-12-3-2-8-21(10-12)17(23)13-9-11(18)4-5-14(13)22(24)25/h4-7,9,12H,2-3,8,10H2,1H3. The lowest BCUT2D eigenvalue weighted by molar-refractivity contribution is -0.385. The molecular formula is C17H17ClN4O5. The van der Waals surface area contributed by atoms with Crippen LogP contribution in [0.4, 0.5) is 5.69 Å². The summed E-state index contributed by atoms with van der Waals surface area (Å²) < 4.78 is 11.0. The zero-order chi connectivity index (χ0) is 19.4. The van der Waals surface area contributed by atoms with Gasteiger partial charge in [0.2, 0.25) is 0 Å². The summed E-state index contributed by atoms with van der Waals surface area (Å²) in [7, 11) is 1.46. The molecule has 1 aromatic carbocycles. The number of piperidine rings is 1. The van der Waals surface area contributed by atoms with Crippen molar-refractivity contribution >= 4 is 23.2 Å². The van der Waals surface area contributed by atoms with Crippen LogP contribution >= 0.6 is 11.6 Å². The van der Waals surface area contributed by atoms with Crippen molar-refractivity contribution in [3.8, 4) is 11.8 Å².